The Labute approximate surface area is 114 Å². The number of hydrazine groups is 1. The van der Waals surface area contributed by atoms with Crippen molar-refractivity contribution in [1.82, 2.24) is 20.8 Å². The zero-order chi connectivity index (χ0) is 13.3. The van der Waals surface area contributed by atoms with Crippen molar-refractivity contribution in [3.05, 3.63) is 18.5 Å². The zero-order valence-electron chi connectivity index (χ0n) is 11.8. The van der Waals surface area contributed by atoms with Crippen LogP contribution in [0.1, 0.15) is 26.7 Å². The third kappa shape index (κ3) is 2.44. The fourth-order valence-corrected chi connectivity index (χ4v) is 3.60. The average molecular weight is 261 g/mol. The topological polar surface area (TPSA) is 53.1 Å². The number of aromatic nitrogens is 2. The summed E-state index contributed by atoms with van der Waals surface area (Å²) in [6, 6.07) is 2.40. The Morgan fingerprint density at radius 1 is 1.37 bits per heavy atom. The number of hydrogen-bond acceptors (Lipinski definition) is 5. The van der Waals surface area contributed by atoms with Gasteiger partial charge in [0.15, 0.2) is 0 Å². The summed E-state index contributed by atoms with van der Waals surface area (Å²) in [6.45, 7) is 7.86. The van der Waals surface area contributed by atoms with Crippen LogP contribution in [0.3, 0.4) is 0 Å². The predicted octanol–water partition coefficient (Wildman–Crippen LogP) is 1.20. The normalized spacial score (nSPS) is 35.6. The van der Waals surface area contributed by atoms with E-state index in [0.717, 1.165) is 25.6 Å². The molecule has 3 heterocycles. The summed E-state index contributed by atoms with van der Waals surface area (Å²) in [5, 5.41) is 0. The molecule has 2 fully saturated rings. The van der Waals surface area contributed by atoms with Gasteiger partial charge in [-0.1, -0.05) is 13.8 Å². The lowest BCUT2D eigenvalue weighted by molar-refractivity contribution is 0.162. The van der Waals surface area contributed by atoms with Gasteiger partial charge in [0.25, 0.3) is 0 Å². The van der Waals surface area contributed by atoms with Crippen LogP contribution in [-0.4, -0.2) is 35.6 Å². The summed E-state index contributed by atoms with van der Waals surface area (Å²) in [7, 11) is 0. The third-order valence-corrected chi connectivity index (χ3v) is 4.56. The van der Waals surface area contributed by atoms with Crippen molar-refractivity contribution in [1.29, 1.82) is 0 Å². The highest BCUT2D eigenvalue weighted by atomic mass is 15.4. The molecule has 2 aliphatic rings. The van der Waals surface area contributed by atoms with Crippen molar-refractivity contribution < 1.29 is 0 Å². The van der Waals surface area contributed by atoms with Crippen LogP contribution in [0.4, 0.5) is 5.95 Å². The van der Waals surface area contributed by atoms with Crippen LogP contribution >= 0.6 is 0 Å². The monoisotopic (exact) mass is 261 g/mol. The number of piperidine rings is 1. The molecule has 0 aromatic carbocycles. The second-order valence-corrected chi connectivity index (χ2v) is 6.21. The van der Waals surface area contributed by atoms with Crippen molar-refractivity contribution in [2.24, 2.45) is 11.3 Å². The van der Waals surface area contributed by atoms with E-state index >= 15 is 0 Å². The van der Waals surface area contributed by atoms with Crippen LogP contribution in [-0.2, 0) is 0 Å². The Morgan fingerprint density at radius 3 is 2.84 bits per heavy atom. The summed E-state index contributed by atoms with van der Waals surface area (Å²) in [5.41, 5.74) is 7.05. The maximum absolute atomic E-state index is 4.39. The molecule has 5 nitrogen and oxygen atoms in total. The van der Waals surface area contributed by atoms with Gasteiger partial charge in [-0.05, 0) is 24.8 Å². The Balaban J connectivity index is 1.77. The fourth-order valence-electron chi connectivity index (χ4n) is 3.60. The van der Waals surface area contributed by atoms with Gasteiger partial charge in [0.1, 0.15) is 0 Å². The maximum Gasteiger partial charge on any atom is 0.225 e. The highest BCUT2D eigenvalue weighted by Crippen LogP contribution is 2.37. The van der Waals surface area contributed by atoms with Gasteiger partial charge >= 0.3 is 0 Å². The molecule has 2 saturated heterocycles. The molecule has 0 bridgehead atoms. The standard InChI is InChI=1S/C14H23N5/c1-11-9-17-18-12(11)14(2)5-3-8-19(10-14)13-15-6-4-7-16-13/h4,6-7,11-12,17-18H,3,5,8-10H2,1-2H3. The lowest BCUT2D eigenvalue weighted by atomic mass is 9.72. The second kappa shape index (κ2) is 5.06. The predicted molar refractivity (Wildman–Crippen MR) is 75.7 cm³/mol. The second-order valence-electron chi connectivity index (χ2n) is 6.21. The van der Waals surface area contributed by atoms with Gasteiger partial charge in [-0.3, -0.25) is 10.9 Å². The molecule has 2 N–H and O–H groups in total. The van der Waals surface area contributed by atoms with Crippen LogP contribution in [0, 0.1) is 11.3 Å². The van der Waals surface area contributed by atoms with Gasteiger partial charge in [0.05, 0.1) is 0 Å². The molecule has 3 rings (SSSR count). The van der Waals surface area contributed by atoms with Crippen molar-refractivity contribution >= 4 is 5.95 Å². The van der Waals surface area contributed by atoms with E-state index in [9.17, 15) is 0 Å². The molecule has 19 heavy (non-hydrogen) atoms. The molecule has 0 aliphatic carbocycles. The molecule has 1 aromatic heterocycles. The average Bonchev–Trinajstić information content (AvgIpc) is 2.87. The Bertz CT molecular complexity index is 423. The molecular weight excluding hydrogens is 238 g/mol. The first kappa shape index (κ1) is 12.8. The lowest BCUT2D eigenvalue weighted by Gasteiger charge is -2.45. The fraction of sp³-hybridized carbons (Fsp3) is 0.714. The minimum absolute atomic E-state index is 0.278. The van der Waals surface area contributed by atoms with Crippen LogP contribution < -0.4 is 15.8 Å². The van der Waals surface area contributed by atoms with Crippen LogP contribution in [0.25, 0.3) is 0 Å². The Morgan fingerprint density at radius 2 is 2.16 bits per heavy atom. The van der Waals surface area contributed by atoms with E-state index in [1.807, 2.05) is 18.5 Å². The van der Waals surface area contributed by atoms with Gasteiger partial charge in [-0.25, -0.2) is 9.97 Å². The van der Waals surface area contributed by atoms with Gasteiger partial charge in [0.2, 0.25) is 5.95 Å². The van der Waals surface area contributed by atoms with E-state index < -0.39 is 0 Å². The molecule has 5 heteroatoms. The van der Waals surface area contributed by atoms with Gasteiger partial charge in [0, 0.05) is 43.5 Å². The molecule has 104 valence electrons. The van der Waals surface area contributed by atoms with Crippen molar-refractivity contribution in [2.75, 3.05) is 24.5 Å². The smallest absolute Gasteiger partial charge is 0.225 e. The van der Waals surface area contributed by atoms with Crippen LogP contribution in [0.5, 0.6) is 0 Å². The molecule has 3 atom stereocenters. The van der Waals surface area contributed by atoms with Crippen molar-refractivity contribution in [3.8, 4) is 0 Å². The molecule has 0 amide bonds. The first-order valence-electron chi connectivity index (χ1n) is 7.19. The first-order chi connectivity index (χ1) is 9.19. The Kier molecular flexibility index (Phi) is 3.41. The zero-order valence-corrected chi connectivity index (χ0v) is 11.8. The largest absolute Gasteiger partial charge is 0.340 e. The lowest BCUT2D eigenvalue weighted by Crippen LogP contribution is -2.54. The SMILES string of the molecule is CC1CNNC1C1(C)CCCN(c2ncccn2)C1. The highest BCUT2D eigenvalue weighted by molar-refractivity contribution is 5.30. The molecule has 3 unspecified atom stereocenters. The van der Waals surface area contributed by atoms with Crippen molar-refractivity contribution in [2.45, 2.75) is 32.7 Å². The highest BCUT2D eigenvalue weighted by Gasteiger charge is 2.43. The quantitative estimate of drug-likeness (QED) is 0.838. The number of anilines is 1. The van der Waals surface area contributed by atoms with Crippen LogP contribution in [0.2, 0.25) is 0 Å². The van der Waals surface area contributed by atoms with E-state index in [1.54, 1.807) is 0 Å². The minimum atomic E-state index is 0.278. The summed E-state index contributed by atoms with van der Waals surface area (Å²) in [4.78, 5) is 11.1. The molecule has 0 radical (unpaired) electrons. The summed E-state index contributed by atoms with van der Waals surface area (Å²) >= 11 is 0. The van der Waals surface area contributed by atoms with E-state index in [4.69, 9.17) is 0 Å². The number of hydrogen-bond donors (Lipinski definition) is 2. The summed E-state index contributed by atoms with van der Waals surface area (Å²) < 4.78 is 0. The number of nitrogens with zero attached hydrogens (tertiary/aromatic N) is 3. The summed E-state index contributed by atoms with van der Waals surface area (Å²) in [6.07, 6.45) is 6.12. The van der Waals surface area contributed by atoms with Gasteiger partial charge in [-0.15, -0.1) is 0 Å². The number of nitrogens with one attached hydrogen (secondary N) is 2. The Hall–Kier alpha value is -1.20. The third-order valence-electron chi connectivity index (χ3n) is 4.56. The minimum Gasteiger partial charge on any atom is -0.340 e. The molecule has 1 aromatic rings. The van der Waals surface area contributed by atoms with E-state index in [2.05, 4.69) is 39.6 Å². The summed E-state index contributed by atoms with van der Waals surface area (Å²) in [5.74, 6) is 1.54. The number of rotatable bonds is 2. The van der Waals surface area contributed by atoms with Gasteiger partial charge < -0.3 is 4.90 Å². The molecule has 0 saturated carbocycles. The molecular formula is C14H23N5. The van der Waals surface area contributed by atoms with E-state index in [0.29, 0.717) is 12.0 Å². The first-order valence-corrected chi connectivity index (χ1v) is 7.19. The van der Waals surface area contributed by atoms with Gasteiger partial charge in [-0.2, -0.15) is 0 Å². The van der Waals surface area contributed by atoms with Crippen LogP contribution in [0.15, 0.2) is 18.5 Å². The molecule has 2 aliphatic heterocycles. The maximum atomic E-state index is 4.39. The van der Waals surface area contributed by atoms with E-state index in [1.165, 1.54) is 12.8 Å². The van der Waals surface area contributed by atoms with Crippen molar-refractivity contribution in [3.63, 3.8) is 0 Å². The molecule has 0 spiro atoms. The van der Waals surface area contributed by atoms with E-state index in [-0.39, 0.29) is 5.41 Å².